The van der Waals surface area contributed by atoms with Crippen molar-refractivity contribution < 1.29 is 4.39 Å². The molecule has 0 spiro atoms. The van der Waals surface area contributed by atoms with Crippen LogP contribution in [0.3, 0.4) is 0 Å². The Morgan fingerprint density at radius 1 is 1.40 bits per heavy atom. The van der Waals surface area contributed by atoms with Crippen LogP contribution in [0.1, 0.15) is 38.3 Å². The Balaban J connectivity index is 1.97. The van der Waals surface area contributed by atoms with E-state index in [-0.39, 0.29) is 11.9 Å². The van der Waals surface area contributed by atoms with Crippen LogP contribution in [0.5, 0.6) is 0 Å². The van der Waals surface area contributed by atoms with Crippen LogP contribution in [0.15, 0.2) is 24.3 Å². The highest BCUT2D eigenvalue weighted by atomic mass is 19.1. The van der Waals surface area contributed by atoms with Crippen LogP contribution < -0.4 is 5.32 Å². The normalized spacial score (nSPS) is 23.1. The zero-order chi connectivity index (χ0) is 14.5. The Bertz CT molecular complexity index is 421. The smallest absolute Gasteiger partial charge is 0.128 e. The van der Waals surface area contributed by atoms with E-state index in [0.29, 0.717) is 0 Å². The maximum absolute atomic E-state index is 14.0. The number of nitrogens with zero attached hydrogens (tertiary/aromatic N) is 1. The summed E-state index contributed by atoms with van der Waals surface area (Å²) < 4.78 is 14.0. The maximum atomic E-state index is 14.0. The quantitative estimate of drug-likeness (QED) is 0.783. The van der Waals surface area contributed by atoms with Crippen LogP contribution in [-0.2, 0) is 0 Å². The van der Waals surface area contributed by atoms with Crippen molar-refractivity contribution in [2.75, 3.05) is 26.7 Å². The molecule has 20 heavy (non-hydrogen) atoms. The van der Waals surface area contributed by atoms with Crippen LogP contribution in [-0.4, -0.2) is 31.6 Å². The molecule has 1 saturated carbocycles. The van der Waals surface area contributed by atoms with Crippen LogP contribution in [0.25, 0.3) is 0 Å². The summed E-state index contributed by atoms with van der Waals surface area (Å²) in [5.41, 5.74) is 0.789. The molecule has 0 aromatic heterocycles. The molecule has 1 aromatic carbocycles. The SMILES string of the molecule is CCCNC(CN(C)CC1CC1C)c1ccccc1F. The lowest BCUT2D eigenvalue weighted by Gasteiger charge is -2.26. The lowest BCUT2D eigenvalue weighted by atomic mass is 10.1. The number of likely N-dealkylation sites (N-methyl/N-ethyl adjacent to an activating group) is 1. The van der Waals surface area contributed by atoms with Crippen molar-refractivity contribution in [1.82, 2.24) is 10.2 Å². The highest BCUT2D eigenvalue weighted by molar-refractivity contribution is 5.21. The summed E-state index contributed by atoms with van der Waals surface area (Å²) in [6, 6.07) is 7.21. The van der Waals surface area contributed by atoms with E-state index in [9.17, 15) is 4.39 Å². The Morgan fingerprint density at radius 3 is 2.70 bits per heavy atom. The summed E-state index contributed by atoms with van der Waals surface area (Å²) >= 11 is 0. The molecule has 0 heterocycles. The summed E-state index contributed by atoms with van der Waals surface area (Å²) in [6.45, 7) is 7.36. The van der Waals surface area contributed by atoms with Crippen molar-refractivity contribution in [3.63, 3.8) is 0 Å². The monoisotopic (exact) mass is 278 g/mol. The van der Waals surface area contributed by atoms with E-state index in [2.05, 4.69) is 31.1 Å². The van der Waals surface area contributed by atoms with Crippen LogP contribution in [0.4, 0.5) is 4.39 Å². The number of hydrogen-bond donors (Lipinski definition) is 1. The molecule has 0 bridgehead atoms. The molecule has 1 fully saturated rings. The van der Waals surface area contributed by atoms with Gasteiger partial charge in [0, 0.05) is 24.7 Å². The van der Waals surface area contributed by atoms with E-state index in [4.69, 9.17) is 0 Å². The molecular weight excluding hydrogens is 251 g/mol. The number of rotatable bonds is 8. The fourth-order valence-corrected chi connectivity index (χ4v) is 2.79. The second-order valence-electron chi connectivity index (χ2n) is 6.22. The third-order valence-electron chi connectivity index (χ3n) is 4.24. The molecule has 1 aliphatic carbocycles. The van der Waals surface area contributed by atoms with Crippen molar-refractivity contribution >= 4 is 0 Å². The van der Waals surface area contributed by atoms with Crippen molar-refractivity contribution in [1.29, 1.82) is 0 Å². The Labute approximate surface area is 122 Å². The molecule has 3 atom stereocenters. The van der Waals surface area contributed by atoms with Gasteiger partial charge in [-0.15, -0.1) is 0 Å². The molecule has 1 aliphatic rings. The Hall–Kier alpha value is -0.930. The molecule has 1 aromatic rings. The molecule has 0 saturated heterocycles. The maximum Gasteiger partial charge on any atom is 0.128 e. The van der Waals surface area contributed by atoms with Crippen LogP contribution in [0.2, 0.25) is 0 Å². The van der Waals surface area contributed by atoms with Gasteiger partial charge < -0.3 is 10.2 Å². The first-order valence-corrected chi connectivity index (χ1v) is 7.78. The zero-order valence-electron chi connectivity index (χ0n) is 12.9. The average Bonchev–Trinajstić information content (AvgIpc) is 3.10. The molecular formula is C17H27FN2. The van der Waals surface area contributed by atoms with Crippen molar-refractivity contribution in [3.05, 3.63) is 35.6 Å². The second kappa shape index (κ2) is 7.19. The number of nitrogens with one attached hydrogen (secondary N) is 1. The lowest BCUT2D eigenvalue weighted by Crippen LogP contribution is -2.35. The molecule has 3 unspecified atom stereocenters. The zero-order valence-corrected chi connectivity index (χ0v) is 12.9. The van der Waals surface area contributed by atoms with E-state index >= 15 is 0 Å². The first-order valence-electron chi connectivity index (χ1n) is 7.78. The van der Waals surface area contributed by atoms with Crippen molar-refractivity contribution in [2.45, 2.75) is 32.7 Å². The predicted octanol–water partition coefficient (Wildman–Crippen LogP) is 3.45. The molecule has 3 heteroatoms. The molecule has 2 nitrogen and oxygen atoms in total. The van der Waals surface area contributed by atoms with Crippen molar-refractivity contribution in [3.8, 4) is 0 Å². The van der Waals surface area contributed by atoms with Gasteiger partial charge in [0.1, 0.15) is 5.82 Å². The van der Waals surface area contributed by atoms with Crippen LogP contribution in [0, 0.1) is 17.7 Å². The standard InChI is InChI=1S/C17H27FN2/c1-4-9-19-17(15-7-5-6-8-16(15)18)12-20(3)11-14-10-13(14)2/h5-8,13-14,17,19H,4,9-12H2,1-3H3. The summed E-state index contributed by atoms with van der Waals surface area (Å²) in [5.74, 6) is 1.61. The third kappa shape index (κ3) is 4.29. The molecule has 0 amide bonds. The summed E-state index contributed by atoms with van der Waals surface area (Å²) in [4.78, 5) is 2.34. The summed E-state index contributed by atoms with van der Waals surface area (Å²) in [6.07, 6.45) is 2.41. The van der Waals surface area contributed by atoms with Crippen LogP contribution >= 0.6 is 0 Å². The van der Waals surface area contributed by atoms with Gasteiger partial charge in [-0.1, -0.05) is 32.0 Å². The summed E-state index contributed by atoms with van der Waals surface area (Å²) in [7, 11) is 2.15. The predicted molar refractivity (Wildman–Crippen MR) is 82.2 cm³/mol. The van der Waals surface area contributed by atoms with E-state index in [1.54, 1.807) is 12.1 Å². The van der Waals surface area contributed by atoms with Gasteiger partial charge in [-0.2, -0.15) is 0 Å². The van der Waals surface area contributed by atoms with Crippen molar-refractivity contribution in [2.24, 2.45) is 11.8 Å². The van der Waals surface area contributed by atoms with Gasteiger partial charge in [0.2, 0.25) is 0 Å². The van der Waals surface area contributed by atoms with E-state index in [1.807, 2.05) is 12.1 Å². The largest absolute Gasteiger partial charge is 0.309 e. The van der Waals surface area contributed by atoms with Gasteiger partial charge in [-0.3, -0.25) is 0 Å². The number of halogens is 1. The highest BCUT2D eigenvalue weighted by Gasteiger charge is 2.33. The van der Waals surface area contributed by atoms with Gasteiger partial charge >= 0.3 is 0 Å². The van der Waals surface area contributed by atoms with E-state index in [1.165, 1.54) is 6.42 Å². The molecule has 1 N–H and O–H groups in total. The molecule has 0 aliphatic heterocycles. The molecule has 0 radical (unpaired) electrons. The van der Waals surface area contributed by atoms with Gasteiger partial charge in [-0.05, 0) is 44.3 Å². The number of benzene rings is 1. The lowest BCUT2D eigenvalue weighted by molar-refractivity contribution is 0.273. The topological polar surface area (TPSA) is 15.3 Å². The van der Waals surface area contributed by atoms with E-state index < -0.39 is 0 Å². The van der Waals surface area contributed by atoms with Gasteiger partial charge in [-0.25, -0.2) is 4.39 Å². The van der Waals surface area contributed by atoms with E-state index in [0.717, 1.165) is 43.5 Å². The average molecular weight is 278 g/mol. The Kier molecular flexibility index (Phi) is 5.55. The second-order valence-corrected chi connectivity index (χ2v) is 6.22. The third-order valence-corrected chi connectivity index (χ3v) is 4.24. The minimum absolute atomic E-state index is 0.0789. The molecule has 2 rings (SSSR count). The number of hydrogen-bond acceptors (Lipinski definition) is 2. The molecule has 112 valence electrons. The van der Waals surface area contributed by atoms with Gasteiger partial charge in [0.05, 0.1) is 0 Å². The minimum Gasteiger partial charge on any atom is -0.309 e. The van der Waals surface area contributed by atoms with Gasteiger partial charge in [0.15, 0.2) is 0 Å². The first kappa shape index (κ1) is 15.5. The highest BCUT2D eigenvalue weighted by Crippen LogP contribution is 2.38. The first-order chi connectivity index (χ1) is 9.61. The van der Waals surface area contributed by atoms with Gasteiger partial charge in [0.25, 0.3) is 0 Å². The Morgan fingerprint density at radius 2 is 2.10 bits per heavy atom. The fraction of sp³-hybridized carbons (Fsp3) is 0.647. The summed E-state index contributed by atoms with van der Waals surface area (Å²) in [5, 5.41) is 3.48. The minimum atomic E-state index is -0.103. The fourth-order valence-electron chi connectivity index (χ4n) is 2.79.